The molecule has 0 radical (unpaired) electrons. The summed E-state index contributed by atoms with van der Waals surface area (Å²) in [7, 11) is 0. The minimum atomic E-state index is -0.521. The van der Waals surface area contributed by atoms with Crippen molar-refractivity contribution in [3.8, 4) is 5.75 Å². The molecular weight excluding hydrogens is 486 g/mol. The smallest absolute Gasteiger partial charge is 0.271 e. The lowest BCUT2D eigenvalue weighted by molar-refractivity contribution is -0.384. The maximum atomic E-state index is 12.3. The van der Waals surface area contributed by atoms with E-state index >= 15 is 0 Å². The quantitative estimate of drug-likeness (QED) is 0.194. The van der Waals surface area contributed by atoms with E-state index in [2.05, 4.69) is 44.7 Å². The third kappa shape index (κ3) is 5.42. The van der Waals surface area contributed by atoms with E-state index in [9.17, 15) is 14.9 Å². The molecule has 0 saturated heterocycles. The second-order valence-electron chi connectivity index (χ2n) is 7.11. The fraction of sp³-hybridized carbons (Fsp3) is 0.0400. The Morgan fingerprint density at radius 1 is 1.03 bits per heavy atom. The van der Waals surface area contributed by atoms with Crippen molar-refractivity contribution in [1.82, 2.24) is 5.43 Å². The number of carbonyl (C=O) groups is 1. The Morgan fingerprint density at radius 2 is 1.79 bits per heavy atom. The number of benzene rings is 4. The van der Waals surface area contributed by atoms with Gasteiger partial charge in [0.25, 0.3) is 11.6 Å². The summed E-state index contributed by atoms with van der Waals surface area (Å²) in [4.78, 5) is 22.5. The second-order valence-corrected chi connectivity index (χ2v) is 8.03. The summed E-state index contributed by atoms with van der Waals surface area (Å²) in [6, 6.07) is 25.0. The van der Waals surface area contributed by atoms with Crippen LogP contribution in [0.4, 0.5) is 5.69 Å². The fourth-order valence-electron chi connectivity index (χ4n) is 3.29. The van der Waals surface area contributed by atoms with Gasteiger partial charge in [0.15, 0.2) is 0 Å². The van der Waals surface area contributed by atoms with E-state index in [0.29, 0.717) is 17.9 Å². The van der Waals surface area contributed by atoms with Crippen LogP contribution in [0, 0.1) is 10.1 Å². The van der Waals surface area contributed by atoms with Crippen molar-refractivity contribution in [1.29, 1.82) is 0 Å². The van der Waals surface area contributed by atoms with E-state index in [1.54, 1.807) is 0 Å². The molecule has 0 bridgehead atoms. The molecule has 0 heterocycles. The molecule has 164 valence electrons. The lowest BCUT2D eigenvalue weighted by atomic mass is 10.1. The second kappa shape index (κ2) is 10.1. The molecule has 0 atom stereocenters. The van der Waals surface area contributed by atoms with Gasteiger partial charge < -0.3 is 4.74 Å². The largest absolute Gasteiger partial charge is 0.488 e. The Balaban J connectivity index is 1.47. The van der Waals surface area contributed by atoms with Gasteiger partial charge in [-0.05, 0) is 46.7 Å². The molecule has 4 aromatic carbocycles. The van der Waals surface area contributed by atoms with Gasteiger partial charge in [-0.25, -0.2) is 5.43 Å². The fourth-order valence-corrected chi connectivity index (χ4v) is 3.66. The van der Waals surface area contributed by atoms with Crippen LogP contribution in [0.25, 0.3) is 10.8 Å². The highest BCUT2D eigenvalue weighted by Gasteiger charge is 2.09. The Labute approximate surface area is 198 Å². The van der Waals surface area contributed by atoms with E-state index in [4.69, 9.17) is 4.74 Å². The molecule has 0 aliphatic rings. The molecule has 1 N–H and O–H groups in total. The van der Waals surface area contributed by atoms with E-state index in [1.807, 2.05) is 42.5 Å². The Kier molecular flexibility index (Phi) is 6.75. The van der Waals surface area contributed by atoms with Gasteiger partial charge in [-0.3, -0.25) is 14.9 Å². The van der Waals surface area contributed by atoms with Gasteiger partial charge in [-0.15, -0.1) is 0 Å². The molecule has 0 fully saturated rings. The highest BCUT2D eigenvalue weighted by Crippen LogP contribution is 2.25. The number of nitrogens with one attached hydrogen (secondary N) is 1. The summed E-state index contributed by atoms with van der Waals surface area (Å²) >= 11 is 3.44. The van der Waals surface area contributed by atoms with Gasteiger partial charge in [0.2, 0.25) is 0 Å². The predicted octanol–water partition coefficient (Wildman–Crippen LogP) is 5.85. The number of carbonyl (C=O) groups excluding carboxylic acids is 1. The Bertz CT molecular complexity index is 1350. The molecule has 7 nitrogen and oxygen atoms in total. The summed E-state index contributed by atoms with van der Waals surface area (Å²) in [6.07, 6.45) is 1.49. The molecule has 0 aliphatic carbocycles. The number of rotatable bonds is 7. The molecule has 0 unspecified atom stereocenters. The first-order valence-electron chi connectivity index (χ1n) is 9.98. The summed E-state index contributed by atoms with van der Waals surface area (Å²) in [6.45, 7) is 0.374. The molecule has 0 aliphatic heterocycles. The van der Waals surface area contributed by atoms with Gasteiger partial charge in [-0.1, -0.05) is 58.4 Å². The summed E-state index contributed by atoms with van der Waals surface area (Å²) < 4.78 is 6.91. The molecule has 1 amide bonds. The third-order valence-electron chi connectivity index (χ3n) is 4.94. The molecule has 8 heteroatoms. The molecule has 0 spiro atoms. The number of nitrogens with zero attached hydrogens (tertiary/aromatic N) is 2. The van der Waals surface area contributed by atoms with Crippen molar-refractivity contribution in [2.24, 2.45) is 5.10 Å². The number of halogens is 1. The predicted molar refractivity (Wildman–Crippen MR) is 131 cm³/mol. The first-order chi connectivity index (χ1) is 16.0. The highest BCUT2D eigenvalue weighted by atomic mass is 79.9. The topological polar surface area (TPSA) is 93.8 Å². The number of hydrogen-bond donors (Lipinski definition) is 1. The van der Waals surface area contributed by atoms with E-state index in [-0.39, 0.29) is 11.3 Å². The number of non-ortho nitro benzene ring substituents is 1. The van der Waals surface area contributed by atoms with Crippen LogP contribution in [0.3, 0.4) is 0 Å². The molecule has 4 rings (SSSR count). The van der Waals surface area contributed by atoms with E-state index in [1.165, 1.54) is 30.5 Å². The van der Waals surface area contributed by atoms with Crippen LogP contribution in [0.5, 0.6) is 5.75 Å². The highest BCUT2D eigenvalue weighted by molar-refractivity contribution is 9.10. The monoisotopic (exact) mass is 503 g/mol. The number of nitro benzene ring substituents is 1. The average molecular weight is 504 g/mol. The van der Waals surface area contributed by atoms with Crippen LogP contribution in [-0.4, -0.2) is 17.0 Å². The van der Waals surface area contributed by atoms with Crippen LogP contribution in [0.15, 0.2) is 94.5 Å². The van der Waals surface area contributed by atoms with Gasteiger partial charge in [0, 0.05) is 27.7 Å². The summed E-state index contributed by atoms with van der Waals surface area (Å²) in [5, 5.41) is 17.0. The zero-order valence-corrected chi connectivity index (χ0v) is 18.9. The molecule has 0 aromatic heterocycles. The van der Waals surface area contributed by atoms with Crippen molar-refractivity contribution in [3.63, 3.8) is 0 Å². The van der Waals surface area contributed by atoms with Crippen molar-refractivity contribution in [2.45, 2.75) is 6.61 Å². The zero-order chi connectivity index (χ0) is 23.2. The number of amides is 1. The maximum Gasteiger partial charge on any atom is 0.271 e. The minimum absolute atomic E-state index is 0.0860. The average Bonchev–Trinajstić information content (AvgIpc) is 2.83. The number of fused-ring (bicyclic) bond motifs is 1. The van der Waals surface area contributed by atoms with Crippen LogP contribution in [-0.2, 0) is 6.61 Å². The third-order valence-corrected chi connectivity index (χ3v) is 5.44. The van der Waals surface area contributed by atoms with Crippen molar-refractivity contribution in [2.75, 3.05) is 0 Å². The summed E-state index contributed by atoms with van der Waals surface area (Å²) in [5.41, 5.74) is 4.34. The van der Waals surface area contributed by atoms with E-state index < -0.39 is 10.8 Å². The normalized spacial score (nSPS) is 10.9. The summed E-state index contributed by atoms with van der Waals surface area (Å²) in [5.74, 6) is 0.133. The number of hydrazone groups is 1. The van der Waals surface area contributed by atoms with Gasteiger partial charge in [-0.2, -0.15) is 5.10 Å². The van der Waals surface area contributed by atoms with Crippen molar-refractivity contribution in [3.05, 3.63) is 116 Å². The SMILES string of the molecule is O=C(N/N=C\c1cc(Br)ccc1OCc1cccc2ccccc12)c1ccc([N+](=O)[O-])cc1. The number of ether oxygens (including phenoxy) is 1. The first-order valence-corrected chi connectivity index (χ1v) is 10.8. The van der Waals surface area contributed by atoms with Crippen LogP contribution in [0.1, 0.15) is 21.5 Å². The Hall–Kier alpha value is -4.04. The van der Waals surface area contributed by atoms with Crippen LogP contribution in [0.2, 0.25) is 0 Å². The van der Waals surface area contributed by atoms with Gasteiger partial charge >= 0.3 is 0 Å². The van der Waals surface area contributed by atoms with Crippen molar-refractivity contribution >= 4 is 44.5 Å². The number of hydrogen-bond acceptors (Lipinski definition) is 5. The van der Waals surface area contributed by atoms with Crippen LogP contribution >= 0.6 is 15.9 Å². The molecule has 4 aromatic rings. The molecular formula is C25H18BrN3O4. The van der Waals surface area contributed by atoms with Crippen LogP contribution < -0.4 is 10.2 Å². The van der Waals surface area contributed by atoms with E-state index in [0.717, 1.165) is 20.8 Å². The molecule has 0 saturated carbocycles. The van der Waals surface area contributed by atoms with Gasteiger partial charge in [0.05, 0.1) is 11.1 Å². The lowest BCUT2D eigenvalue weighted by Crippen LogP contribution is -2.17. The number of nitro groups is 1. The molecule has 33 heavy (non-hydrogen) atoms. The Morgan fingerprint density at radius 3 is 2.58 bits per heavy atom. The standard InChI is InChI=1S/C25H18BrN3O4/c26-21-10-13-24(33-16-19-6-3-5-17-4-1-2-7-23(17)19)20(14-21)15-27-28-25(30)18-8-11-22(12-9-18)29(31)32/h1-15H,16H2,(H,28,30)/b27-15-. The lowest BCUT2D eigenvalue weighted by Gasteiger charge is -2.11. The van der Waals surface area contributed by atoms with Crippen molar-refractivity contribution < 1.29 is 14.5 Å². The van der Waals surface area contributed by atoms with Gasteiger partial charge in [0.1, 0.15) is 12.4 Å². The maximum absolute atomic E-state index is 12.3. The zero-order valence-electron chi connectivity index (χ0n) is 17.3. The first kappa shape index (κ1) is 22.2. The minimum Gasteiger partial charge on any atom is -0.488 e.